The van der Waals surface area contributed by atoms with Crippen LogP contribution in [0.5, 0.6) is 11.5 Å². The summed E-state index contributed by atoms with van der Waals surface area (Å²) in [6, 6.07) is 21.0. The van der Waals surface area contributed by atoms with Crippen molar-refractivity contribution in [3.8, 4) is 11.5 Å². The van der Waals surface area contributed by atoms with Crippen LogP contribution >= 0.6 is 0 Å². The summed E-state index contributed by atoms with van der Waals surface area (Å²) < 4.78 is 6.55. The summed E-state index contributed by atoms with van der Waals surface area (Å²) in [6.07, 6.45) is 3.24. The van der Waals surface area contributed by atoms with Gasteiger partial charge in [0.1, 0.15) is 17.0 Å². The lowest BCUT2D eigenvalue weighted by Crippen LogP contribution is -2.54. The fraction of sp³-hybridized carbons (Fsp3) is 0.321. The molecule has 2 heterocycles. The Balaban J connectivity index is 1.67. The molecule has 168 valence electrons. The second-order valence-corrected chi connectivity index (χ2v) is 9.10. The van der Waals surface area contributed by atoms with Crippen LogP contribution in [0.2, 0.25) is 0 Å². The topological polar surface area (TPSA) is 53.6 Å². The molecule has 3 aromatic carbocycles. The molecule has 0 atom stereocenters. The first kappa shape index (κ1) is 20.2. The standard InChI is InChI=1S/C28H29N3O2/c1-3-29-18-12-14-23-25(16-18)33-26-17-19(30-4-2)13-15-24(26)28(23)22-11-6-5-10-21(22)27(32)31(28)20-8-7-9-20/h5-6,10-17,20,29-30H,3-4,7-9H2,1-2H3. The summed E-state index contributed by atoms with van der Waals surface area (Å²) in [4.78, 5) is 16.1. The smallest absolute Gasteiger partial charge is 0.255 e. The molecule has 1 fully saturated rings. The molecule has 1 aliphatic carbocycles. The number of benzene rings is 3. The zero-order valence-corrected chi connectivity index (χ0v) is 19.2. The summed E-state index contributed by atoms with van der Waals surface area (Å²) in [5, 5.41) is 6.81. The highest BCUT2D eigenvalue weighted by molar-refractivity contribution is 6.02. The number of ether oxygens (including phenoxy) is 1. The molecule has 6 rings (SSSR count). The first-order valence-electron chi connectivity index (χ1n) is 12.1. The second kappa shape index (κ2) is 7.55. The van der Waals surface area contributed by atoms with E-state index in [0.717, 1.165) is 77.5 Å². The third-order valence-corrected chi connectivity index (χ3v) is 7.29. The van der Waals surface area contributed by atoms with Gasteiger partial charge in [0.05, 0.1) is 0 Å². The van der Waals surface area contributed by atoms with E-state index in [2.05, 4.69) is 71.8 Å². The molecule has 1 amide bonds. The fourth-order valence-corrected chi connectivity index (χ4v) is 5.73. The molecular formula is C28H29N3O2. The van der Waals surface area contributed by atoms with Crippen molar-refractivity contribution >= 4 is 17.3 Å². The molecule has 5 nitrogen and oxygen atoms in total. The van der Waals surface area contributed by atoms with E-state index in [-0.39, 0.29) is 11.9 Å². The third kappa shape index (κ3) is 2.74. The van der Waals surface area contributed by atoms with Gasteiger partial charge in [-0.2, -0.15) is 0 Å². The number of carbonyl (C=O) groups is 1. The maximum atomic E-state index is 13.9. The summed E-state index contributed by atoms with van der Waals surface area (Å²) in [7, 11) is 0. The van der Waals surface area contributed by atoms with Gasteiger partial charge < -0.3 is 20.3 Å². The van der Waals surface area contributed by atoms with E-state index in [4.69, 9.17) is 4.74 Å². The van der Waals surface area contributed by atoms with Crippen molar-refractivity contribution in [3.05, 3.63) is 82.9 Å². The van der Waals surface area contributed by atoms with Crippen LogP contribution in [0, 0.1) is 0 Å². The zero-order chi connectivity index (χ0) is 22.6. The average Bonchev–Trinajstić information content (AvgIpc) is 3.03. The number of anilines is 2. The molecule has 33 heavy (non-hydrogen) atoms. The van der Waals surface area contributed by atoms with Gasteiger partial charge in [-0.1, -0.05) is 30.3 Å². The van der Waals surface area contributed by atoms with Crippen LogP contribution in [-0.2, 0) is 5.54 Å². The van der Waals surface area contributed by atoms with E-state index >= 15 is 0 Å². The molecule has 3 aliphatic rings. The number of hydrogen-bond donors (Lipinski definition) is 2. The van der Waals surface area contributed by atoms with Gasteiger partial charge in [0.15, 0.2) is 0 Å². The van der Waals surface area contributed by atoms with Crippen LogP contribution in [-0.4, -0.2) is 29.9 Å². The fourth-order valence-electron chi connectivity index (χ4n) is 5.73. The minimum absolute atomic E-state index is 0.126. The molecule has 2 aliphatic heterocycles. The minimum Gasteiger partial charge on any atom is -0.456 e. The molecule has 3 aromatic rings. The van der Waals surface area contributed by atoms with Gasteiger partial charge >= 0.3 is 0 Å². The third-order valence-electron chi connectivity index (χ3n) is 7.29. The molecule has 0 unspecified atom stereocenters. The lowest BCUT2D eigenvalue weighted by atomic mass is 9.73. The Morgan fingerprint density at radius 2 is 1.48 bits per heavy atom. The number of hydrogen-bond acceptors (Lipinski definition) is 4. The van der Waals surface area contributed by atoms with E-state index in [1.165, 1.54) is 0 Å². The SMILES string of the molecule is CCNc1ccc2c(c1)Oc1cc(NCC)ccc1C21c2ccccc2C(=O)N1C1CCC1. The summed E-state index contributed by atoms with van der Waals surface area (Å²) in [5.41, 5.74) is 5.29. The zero-order valence-electron chi connectivity index (χ0n) is 19.2. The Morgan fingerprint density at radius 3 is 2.03 bits per heavy atom. The second-order valence-electron chi connectivity index (χ2n) is 9.10. The number of nitrogens with one attached hydrogen (secondary N) is 2. The Kier molecular flexibility index (Phi) is 4.61. The van der Waals surface area contributed by atoms with Crippen molar-refractivity contribution in [1.82, 2.24) is 4.90 Å². The van der Waals surface area contributed by atoms with Crippen molar-refractivity contribution in [2.75, 3.05) is 23.7 Å². The van der Waals surface area contributed by atoms with Crippen LogP contribution in [0.3, 0.4) is 0 Å². The van der Waals surface area contributed by atoms with Gasteiger partial charge in [-0.3, -0.25) is 4.79 Å². The maximum Gasteiger partial charge on any atom is 0.255 e. The molecular weight excluding hydrogens is 410 g/mol. The average molecular weight is 440 g/mol. The molecule has 2 N–H and O–H groups in total. The Hall–Kier alpha value is -3.47. The van der Waals surface area contributed by atoms with Crippen molar-refractivity contribution < 1.29 is 9.53 Å². The van der Waals surface area contributed by atoms with Gasteiger partial charge in [0.2, 0.25) is 0 Å². The predicted molar refractivity (Wildman–Crippen MR) is 131 cm³/mol. The Labute approximate surface area is 194 Å². The summed E-state index contributed by atoms with van der Waals surface area (Å²) in [6.45, 7) is 5.84. The first-order chi connectivity index (χ1) is 16.2. The summed E-state index contributed by atoms with van der Waals surface area (Å²) >= 11 is 0. The molecule has 1 saturated carbocycles. The quantitative estimate of drug-likeness (QED) is 0.515. The van der Waals surface area contributed by atoms with Crippen molar-refractivity contribution in [2.45, 2.75) is 44.7 Å². The molecule has 0 aromatic heterocycles. The Morgan fingerprint density at radius 1 is 0.879 bits per heavy atom. The van der Waals surface area contributed by atoms with Crippen molar-refractivity contribution in [3.63, 3.8) is 0 Å². The maximum absolute atomic E-state index is 13.9. The van der Waals surface area contributed by atoms with Crippen LogP contribution in [0.15, 0.2) is 60.7 Å². The highest BCUT2D eigenvalue weighted by Crippen LogP contribution is 2.59. The molecule has 5 heteroatoms. The Bertz CT molecular complexity index is 1190. The lowest BCUT2D eigenvalue weighted by molar-refractivity contribution is 0.0391. The molecule has 0 radical (unpaired) electrons. The molecule has 0 saturated heterocycles. The molecule has 0 bridgehead atoms. The van der Waals surface area contributed by atoms with E-state index in [1.54, 1.807) is 0 Å². The van der Waals surface area contributed by atoms with Gasteiger partial charge in [-0.25, -0.2) is 0 Å². The van der Waals surface area contributed by atoms with E-state index in [1.807, 2.05) is 18.2 Å². The predicted octanol–water partition coefficient (Wildman–Crippen LogP) is 5.96. The first-order valence-corrected chi connectivity index (χ1v) is 12.1. The lowest BCUT2D eigenvalue weighted by Gasteiger charge is -2.49. The van der Waals surface area contributed by atoms with Crippen LogP contribution in [0.4, 0.5) is 11.4 Å². The van der Waals surface area contributed by atoms with Gasteiger partial charge in [0, 0.05) is 59.3 Å². The minimum atomic E-state index is -0.683. The van der Waals surface area contributed by atoms with E-state index in [0.29, 0.717) is 0 Å². The number of amides is 1. The van der Waals surface area contributed by atoms with Crippen LogP contribution < -0.4 is 15.4 Å². The number of carbonyl (C=O) groups excluding carboxylic acids is 1. The van der Waals surface area contributed by atoms with Gasteiger partial charge in [-0.05, 0) is 56.9 Å². The van der Waals surface area contributed by atoms with Crippen LogP contribution in [0.25, 0.3) is 0 Å². The summed E-state index contributed by atoms with van der Waals surface area (Å²) in [5.74, 6) is 1.74. The monoisotopic (exact) mass is 439 g/mol. The van der Waals surface area contributed by atoms with Crippen LogP contribution in [0.1, 0.15) is 60.2 Å². The van der Waals surface area contributed by atoms with Gasteiger partial charge in [0.25, 0.3) is 5.91 Å². The molecule has 1 spiro atoms. The number of fused-ring (bicyclic) bond motifs is 6. The highest BCUT2D eigenvalue weighted by Gasteiger charge is 2.58. The normalized spacial score (nSPS) is 17.6. The largest absolute Gasteiger partial charge is 0.456 e. The number of rotatable bonds is 5. The van der Waals surface area contributed by atoms with E-state index in [9.17, 15) is 4.79 Å². The van der Waals surface area contributed by atoms with Crippen molar-refractivity contribution in [2.24, 2.45) is 0 Å². The highest BCUT2D eigenvalue weighted by atomic mass is 16.5. The van der Waals surface area contributed by atoms with Gasteiger partial charge in [-0.15, -0.1) is 0 Å². The van der Waals surface area contributed by atoms with E-state index < -0.39 is 5.54 Å². The number of nitrogens with zero attached hydrogens (tertiary/aromatic N) is 1. The van der Waals surface area contributed by atoms with Crippen molar-refractivity contribution in [1.29, 1.82) is 0 Å².